The van der Waals surface area contributed by atoms with Crippen LogP contribution in [0.5, 0.6) is 5.75 Å². The summed E-state index contributed by atoms with van der Waals surface area (Å²) in [7, 11) is 1.60. The number of ether oxygens (including phenoxy) is 1. The number of tetrazole rings is 1. The van der Waals surface area contributed by atoms with Gasteiger partial charge < -0.3 is 15.0 Å². The van der Waals surface area contributed by atoms with Crippen molar-refractivity contribution in [1.29, 1.82) is 0 Å². The molecule has 1 N–H and O–H groups in total. The predicted octanol–water partition coefficient (Wildman–Crippen LogP) is 0.903. The molecule has 9 nitrogen and oxygen atoms in total. The van der Waals surface area contributed by atoms with Gasteiger partial charge in [0.1, 0.15) is 17.6 Å². The summed E-state index contributed by atoms with van der Waals surface area (Å²) < 4.78 is 6.77. The van der Waals surface area contributed by atoms with E-state index in [1.807, 2.05) is 29.2 Å². The van der Waals surface area contributed by atoms with E-state index in [2.05, 4.69) is 20.8 Å². The van der Waals surface area contributed by atoms with Crippen LogP contribution in [0.1, 0.15) is 36.7 Å². The second kappa shape index (κ2) is 9.29. The number of nitrogens with zero attached hydrogens (tertiary/aromatic N) is 5. The smallest absolute Gasteiger partial charge is 0.245 e. The van der Waals surface area contributed by atoms with Gasteiger partial charge in [-0.25, -0.2) is 4.68 Å². The Morgan fingerprint density at radius 1 is 1.29 bits per heavy atom. The summed E-state index contributed by atoms with van der Waals surface area (Å²) in [5, 5.41) is 14.4. The number of methoxy groups -OCH3 is 1. The van der Waals surface area contributed by atoms with Crippen molar-refractivity contribution in [3.63, 3.8) is 0 Å². The lowest BCUT2D eigenvalue weighted by atomic mass is 10.0. The lowest BCUT2D eigenvalue weighted by Crippen LogP contribution is -2.37. The predicted molar refractivity (Wildman–Crippen MR) is 102 cm³/mol. The van der Waals surface area contributed by atoms with Crippen LogP contribution in [-0.4, -0.2) is 63.7 Å². The Morgan fingerprint density at radius 3 is 2.75 bits per heavy atom. The minimum atomic E-state index is -0.607. The first kappa shape index (κ1) is 19.8. The number of rotatable bonds is 8. The van der Waals surface area contributed by atoms with E-state index in [0.717, 1.165) is 37.2 Å². The Kier molecular flexibility index (Phi) is 6.57. The van der Waals surface area contributed by atoms with Gasteiger partial charge in [0.15, 0.2) is 0 Å². The molecule has 0 aliphatic carbocycles. The third kappa shape index (κ3) is 4.85. The zero-order valence-corrected chi connectivity index (χ0v) is 16.3. The first-order chi connectivity index (χ1) is 13.6. The van der Waals surface area contributed by atoms with E-state index in [1.54, 1.807) is 14.0 Å². The molecule has 0 radical (unpaired) electrons. The zero-order valence-electron chi connectivity index (χ0n) is 16.3. The van der Waals surface area contributed by atoms with E-state index < -0.39 is 6.04 Å². The zero-order chi connectivity index (χ0) is 19.9. The Bertz CT molecular complexity index is 816. The molecule has 0 spiro atoms. The van der Waals surface area contributed by atoms with Crippen LogP contribution in [0.3, 0.4) is 0 Å². The Labute approximate surface area is 164 Å². The van der Waals surface area contributed by atoms with Gasteiger partial charge in [-0.15, -0.1) is 5.10 Å². The number of nitrogens with one attached hydrogen (secondary N) is 1. The largest absolute Gasteiger partial charge is 0.497 e. The van der Waals surface area contributed by atoms with Crippen molar-refractivity contribution in [2.24, 2.45) is 0 Å². The molecule has 1 fully saturated rings. The van der Waals surface area contributed by atoms with Crippen molar-refractivity contribution in [3.05, 3.63) is 35.7 Å². The summed E-state index contributed by atoms with van der Waals surface area (Å²) in [5.74, 6) is 1.14. The number of amides is 2. The Morgan fingerprint density at radius 2 is 2.07 bits per heavy atom. The summed E-state index contributed by atoms with van der Waals surface area (Å²) in [4.78, 5) is 26.9. The molecule has 0 bridgehead atoms. The quantitative estimate of drug-likeness (QED) is 0.723. The SMILES string of the molecule is COc1cccc(C[C@@H](C(=O)NCCC(=O)N2CCCC2)n2nnnc2C)c1. The fraction of sp³-hybridized carbons (Fsp3) is 0.526. The fourth-order valence-corrected chi connectivity index (χ4v) is 3.37. The van der Waals surface area contributed by atoms with Crippen LogP contribution in [0.15, 0.2) is 24.3 Å². The normalized spacial score (nSPS) is 14.7. The number of hydrogen-bond acceptors (Lipinski definition) is 6. The number of hydrogen-bond donors (Lipinski definition) is 1. The number of aromatic nitrogens is 4. The highest BCUT2D eigenvalue weighted by Gasteiger charge is 2.25. The van der Waals surface area contributed by atoms with Crippen LogP contribution in [0.25, 0.3) is 0 Å². The van der Waals surface area contributed by atoms with Crippen molar-refractivity contribution in [1.82, 2.24) is 30.4 Å². The molecule has 1 saturated heterocycles. The van der Waals surface area contributed by atoms with Crippen LogP contribution >= 0.6 is 0 Å². The van der Waals surface area contributed by atoms with Gasteiger partial charge in [0.05, 0.1) is 7.11 Å². The minimum absolute atomic E-state index is 0.0840. The number of carbonyl (C=O) groups is 2. The van der Waals surface area contributed by atoms with Crippen molar-refractivity contribution in [3.8, 4) is 5.75 Å². The molecule has 2 amide bonds. The van der Waals surface area contributed by atoms with Gasteiger partial charge in [-0.1, -0.05) is 12.1 Å². The van der Waals surface area contributed by atoms with Gasteiger partial charge in [0.25, 0.3) is 0 Å². The van der Waals surface area contributed by atoms with Crippen molar-refractivity contribution in [2.75, 3.05) is 26.7 Å². The van der Waals surface area contributed by atoms with Crippen LogP contribution in [0, 0.1) is 6.92 Å². The van der Waals surface area contributed by atoms with Gasteiger partial charge in [-0.3, -0.25) is 9.59 Å². The molecule has 1 aromatic heterocycles. The van der Waals surface area contributed by atoms with Gasteiger partial charge >= 0.3 is 0 Å². The number of benzene rings is 1. The van der Waals surface area contributed by atoms with Gasteiger partial charge in [0, 0.05) is 32.5 Å². The summed E-state index contributed by atoms with van der Waals surface area (Å²) >= 11 is 0. The maximum absolute atomic E-state index is 12.9. The van der Waals surface area contributed by atoms with Gasteiger partial charge in [-0.05, 0) is 47.9 Å². The molecular formula is C19H26N6O3. The van der Waals surface area contributed by atoms with E-state index in [-0.39, 0.29) is 11.8 Å². The first-order valence-corrected chi connectivity index (χ1v) is 9.51. The van der Waals surface area contributed by atoms with E-state index in [9.17, 15) is 9.59 Å². The number of aryl methyl sites for hydroxylation is 1. The lowest BCUT2D eigenvalue weighted by molar-refractivity contribution is -0.130. The molecule has 3 rings (SSSR count). The second-order valence-corrected chi connectivity index (χ2v) is 6.87. The molecule has 1 aromatic carbocycles. The summed E-state index contributed by atoms with van der Waals surface area (Å²) in [6.07, 6.45) is 2.82. The van der Waals surface area contributed by atoms with Gasteiger partial charge in [-0.2, -0.15) is 0 Å². The van der Waals surface area contributed by atoms with Crippen molar-refractivity contribution in [2.45, 2.75) is 38.6 Å². The van der Waals surface area contributed by atoms with Crippen LogP contribution in [-0.2, 0) is 16.0 Å². The third-order valence-corrected chi connectivity index (χ3v) is 4.92. The molecule has 1 aliphatic heterocycles. The molecule has 9 heteroatoms. The van der Waals surface area contributed by atoms with Crippen LogP contribution in [0.4, 0.5) is 0 Å². The third-order valence-electron chi connectivity index (χ3n) is 4.92. The number of likely N-dealkylation sites (tertiary alicyclic amines) is 1. The molecule has 1 aliphatic rings. The Hall–Kier alpha value is -2.97. The molecule has 28 heavy (non-hydrogen) atoms. The lowest BCUT2D eigenvalue weighted by Gasteiger charge is -2.19. The standard InChI is InChI=1S/C19H26N6O3/c1-14-21-22-23-25(14)17(13-15-6-5-7-16(12-15)28-2)19(27)20-9-8-18(26)24-10-3-4-11-24/h5-7,12,17H,3-4,8-11,13H2,1-2H3,(H,20,27)/t17-/m0/s1. The maximum Gasteiger partial charge on any atom is 0.245 e. The highest BCUT2D eigenvalue weighted by atomic mass is 16.5. The highest BCUT2D eigenvalue weighted by Crippen LogP contribution is 2.19. The average molecular weight is 386 g/mol. The maximum atomic E-state index is 12.9. The van der Waals surface area contributed by atoms with E-state index >= 15 is 0 Å². The van der Waals surface area contributed by atoms with Crippen molar-refractivity contribution < 1.29 is 14.3 Å². The molecule has 0 saturated carbocycles. The first-order valence-electron chi connectivity index (χ1n) is 9.51. The van der Waals surface area contributed by atoms with E-state index in [0.29, 0.717) is 25.2 Å². The Balaban J connectivity index is 1.65. The molecular weight excluding hydrogens is 360 g/mol. The van der Waals surface area contributed by atoms with Crippen molar-refractivity contribution >= 4 is 11.8 Å². The van der Waals surface area contributed by atoms with E-state index in [4.69, 9.17) is 4.74 Å². The monoisotopic (exact) mass is 386 g/mol. The summed E-state index contributed by atoms with van der Waals surface area (Å²) in [6.45, 7) is 3.68. The summed E-state index contributed by atoms with van der Waals surface area (Å²) in [5.41, 5.74) is 0.933. The average Bonchev–Trinajstić information content (AvgIpc) is 3.38. The van der Waals surface area contributed by atoms with Crippen LogP contribution < -0.4 is 10.1 Å². The topological polar surface area (TPSA) is 102 Å². The molecule has 2 heterocycles. The fourth-order valence-electron chi connectivity index (χ4n) is 3.37. The summed E-state index contributed by atoms with van der Waals surface area (Å²) in [6, 6.07) is 6.94. The molecule has 0 unspecified atom stereocenters. The van der Waals surface area contributed by atoms with Crippen LogP contribution in [0.2, 0.25) is 0 Å². The highest BCUT2D eigenvalue weighted by molar-refractivity contribution is 5.82. The number of carbonyl (C=O) groups excluding carboxylic acids is 2. The van der Waals surface area contributed by atoms with Gasteiger partial charge in [0.2, 0.25) is 11.8 Å². The van der Waals surface area contributed by atoms with E-state index in [1.165, 1.54) is 4.68 Å². The molecule has 1 atom stereocenters. The minimum Gasteiger partial charge on any atom is -0.497 e. The molecule has 150 valence electrons. The second-order valence-electron chi connectivity index (χ2n) is 6.87. The molecule has 2 aromatic rings.